The number of hydrogen-bond donors (Lipinski definition) is 4. The predicted molar refractivity (Wildman–Crippen MR) is 187 cm³/mol. The number of alkyl halides is 1. The van der Waals surface area contributed by atoms with Crippen molar-refractivity contribution in [2.24, 2.45) is 0 Å². The number of carbonyl (C=O) groups is 4. The smallest absolute Gasteiger partial charge is 0.343 e. The molecule has 48 heavy (non-hydrogen) atoms. The molecular weight excluding hydrogens is 656 g/mol. The lowest BCUT2D eigenvalue weighted by molar-refractivity contribution is -0.121. The summed E-state index contributed by atoms with van der Waals surface area (Å²) in [7, 11) is -3.96. The predicted octanol–water partition coefficient (Wildman–Crippen LogP) is 6.68. The summed E-state index contributed by atoms with van der Waals surface area (Å²) in [5, 5.41) is 2.75. The zero-order chi connectivity index (χ0) is 34.6. The van der Waals surface area contributed by atoms with Crippen molar-refractivity contribution in [2.45, 2.75) is 30.6 Å². The molecule has 0 aliphatic carbocycles. The number of hydrogen-bond acceptors (Lipinski definition) is 8. The highest BCUT2D eigenvalue weighted by atomic mass is 35.5. The second-order valence-corrected chi connectivity index (χ2v) is 13.3. The van der Waals surface area contributed by atoms with E-state index in [0.717, 1.165) is 26.7 Å². The topological polar surface area (TPSA) is 151 Å². The molecule has 4 N–H and O–H groups in total. The number of rotatable bonds is 10. The number of allylic oxidation sites excluding steroid dienone is 5. The van der Waals surface area contributed by atoms with Gasteiger partial charge in [-0.1, -0.05) is 62.4 Å². The van der Waals surface area contributed by atoms with Gasteiger partial charge in [0.25, 0.3) is 11.8 Å². The monoisotopic (exact) mass is 690 g/mol. The van der Waals surface area contributed by atoms with Gasteiger partial charge in [-0.05, 0) is 66.6 Å². The third-order valence-electron chi connectivity index (χ3n) is 8.09. The molecule has 0 bridgehead atoms. The minimum Gasteiger partial charge on any atom is -0.355 e. The Kier molecular flexibility index (Phi) is 10.2. The molecule has 1 fully saturated rings. The first-order valence-corrected chi connectivity index (χ1v) is 17.1. The van der Waals surface area contributed by atoms with Crippen LogP contribution in [0.25, 0.3) is 0 Å². The normalized spacial score (nSPS) is 17.4. The number of para-hydroxylation sites is 2. The Morgan fingerprint density at radius 1 is 0.854 bits per heavy atom. The summed E-state index contributed by atoms with van der Waals surface area (Å²) in [5.74, 6) is -1.95. The van der Waals surface area contributed by atoms with Crippen molar-refractivity contribution in [1.82, 2.24) is 5.32 Å². The Hall–Kier alpha value is -4.72. The van der Waals surface area contributed by atoms with Crippen LogP contribution in [0.2, 0.25) is 0 Å². The van der Waals surface area contributed by atoms with Crippen LogP contribution < -0.4 is 20.0 Å². The maximum Gasteiger partial charge on any atom is 0.343 e. The number of nitrogens with zero attached hydrogens (tertiary/aromatic N) is 3. The van der Waals surface area contributed by atoms with Crippen molar-refractivity contribution in [2.75, 3.05) is 33.7 Å². The van der Waals surface area contributed by atoms with Crippen molar-refractivity contribution >= 4 is 63.3 Å². The van der Waals surface area contributed by atoms with E-state index >= 15 is 0 Å². The van der Waals surface area contributed by atoms with Crippen LogP contribution in [-0.2, 0) is 19.8 Å². The van der Waals surface area contributed by atoms with Crippen LogP contribution >= 0.6 is 22.5 Å². The van der Waals surface area contributed by atoms with E-state index in [9.17, 15) is 32.8 Å². The molecule has 5 amide bonds. The second kappa shape index (κ2) is 14.2. The SMILES string of the molecule is CC1(C)/C(=C\C=C\C=C2C(=O)N(c3ccccc3)C(=O)N(c3ccccc3)C2=O)N(CCCNC(=O)CCl)c2ccc(S(O)(O)O)cc21. The van der Waals surface area contributed by atoms with Gasteiger partial charge in [0.05, 0.1) is 16.3 Å². The number of fused-ring (bicyclic) bond motifs is 1. The second-order valence-electron chi connectivity index (χ2n) is 11.6. The quantitative estimate of drug-likeness (QED) is 0.0797. The molecule has 5 rings (SSSR count). The molecule has 250 valence electrons. The summed E-state index contributed by atoms with van der Waals surface area (Å²) < 4.78 is 29.8. The minimum absolute atomic E-state index is 0.0139. The Morgan fingerprint density at radius 3 is 1.96 bits per heavy atom. The maximum absolute atomic E-state index is 13.6. The molecule has 0 aromatic heterocycles. The van der Waals surface area contributed by atoms with E-state index in [4.69, 9.17) is 11.6 Å². The number of benzene rings is 3. The first-order chi connectivity index (χ1) is 22.9. The average Bonchev–Trinajstić information content (AvgIpc) is 3.27. The molecule has 3 aromatic rings. The highest BCUT2D eigenvalue weighted by Gasteiger charge is 2.44. The van der Waals surface area contributed by atoms with Gasteiger partial charge in [-0.3, -0.25) is 14.4 Å². The zero-order valence-corrected chi connectivity index (χ0v) is 27.8. The highest BCUT2D eigenvalue weighted by Crippen LogP contribution is 2.52. The molecule has 0 atom stereocenters. The van der Waals surface area contributed by atoms with Crippen molar-refractivity contribution < 1.29 is 32.8 Å². The third-order valence-corrected chi connectivity index (χ3v) is 9.22. The van der Waals surface area contributed by atoms with E-state index in [2.05, 4.69) is 5.32 Å². The number of barbiturate groups is 1. The van der Waals surface area contributed by atoms with E-state index in [-0.39, 0.29) is 22.3 Å². The van der Waals surface area contributed by atoms with Crippen molar-refractivity contribution in [3.05, 3.63) is 120 Å². The van der Waals surface area contributed by atoms with Crippen molar-refractivity contribution in [3.63, 3.8) is 0 Å². The molecule has 2 heterocycles. The summed E-state index contributed by atoms with van der Waals surface area (Å²) in [5.41, 5.74) is 2.07. The van der Waals surface area contributed by atoms with Gasteiger partial charge in [-0.15, -0.1) is 11.6 Å². The fourth-order valence-electron chi connectivity index (χ4n) is 5.73. The van der Waals surface area contributed by atoms with Gasteiger partial charge in [-0.25, -0.2) is 14.6 Å². The number of nitrogens with one attached hydrogen (secondary N) is 1. The van der Waals surface area contributed by atoms with Gasteiger partial charge in [0.1, 0.15) is 22.3 Å². The van der Waals surface area contributed by atoms with Crippen LogP contribution in [0.5, 0.6) is 0 Å². The number of halogens is 1. The van der Waals surface area contributed by atoms with Crippen LogP contribution in [0, 0.1) is 0 Å². The van der Waals surface area contributed by atoms with Crippen molar-refractivity contribution in [1.29, 1.82) is 0 Å². The van der Waals surface area contributed by atoms with E-state index in [1.54, 1.807) is 84.9 Å². The Labute approximate surface area is 285 Å². The zero-order valence-electron chi connectivity index (χ0n) is 26.2. The lowest BCUT2D eigenvalue weighted by Crippen LogP contribution is -2.57. The number of urea groups is 1. The van der Waals surface area contributed by atoms with Crippen LogP contribution in [0.15, 0.2) is 119 Å². The highest BCUT2D eigenvalue weighted by molar-refractivity contribution is 8.19. The molecule has 0 radical (unpaired) electrons. The summed E-state index contributed by atoms with van der Waals surface area (Å²) in [6.07, 6.45) is 6.98. The van der Waals surface area contributed by atoms with Crippen LogP contribution in [0.4, 0.5) is 21.9 Å². The number of imide groups is 2. The number of anilines is 3. The Balaban J connectivity index is 1.50. The maximum atomic E-state index is 13.6. The minimum atomic E-state index is -3.96. The standard InChI is InChI=1S/C35H35ClN4O7S/c1-35(2)28-22-26(48(45,46)47)18-19-29(28)38(21-11-20-37-31(41)23-36)30(35)17-10-9-16-27-32(42)39(24-12-5-3-6-13-24)34(44)40(33(27)43)25-14-7-4-8-15-25/h3-10,12-19,22,45-47H,11,20-21,23H2,1-2H3,(H,37,41)/b10-9+,30-17+. The van der Waals surface area contributed by atoms with Crippen LogP contribution in [0.3, 0.4) is 0 Å². The van der Waals surface area contributed by atoms with Crippen molar-refractivity contribution in [3.8, 4) is 0 Å². The van der Waals surface area contributed by atoms with Gasteiger partial charge in [0.15, 0.2) is 0 Å². The van der Waals surface area contributed by atoms with E-state index in [0.29, 0.717) is 30.9 Å². The number of carbonyl (C=O) groups excluding carboxylic acids is 4. The molecule has 2 aliphatic rings. The third kappa shape index (κ3) is 6.93. The fraction of sp³-hybridized carbons (Fsp3) is 0.200. The van der Waals surface area contributed by atoms with Gasteiger partial charge in [0.2, 0.25) is 5.91 Å². The average molecular weight is 691 g/mol. The largest absolute Gasteiger partial charge is 0.355 e. The first-order valence-electron chi connectivity index (χ1n) is 15.0. The van der Waals surface area contributed by atoms with E-state index < -0.39 is 34.1 Å². The summed E-state index contributed by atoms with van der Waals surface area (Å²) in [6, 6.07) is 20.7. The molecule has 13 heteroatoms. The number of amides is 5. The summed E-state index contributed by atoms with van der Waals surface area (Å²) in [6.45, 7) is 4.75. The van der Waals surface area contributed by atoms with Gasteiger partial charge in [0, 0.05) is 29.9 Å². The summed E-state index contributed by atoms with van der Waals surface area (Å²) >= 11 is 5.60. The van der Waals surface area contributed by atoms with Gasteiger partial charge >= 0.3 is 6.03 Å². The molecule has 0 unspecified atom stereocenters. The molecular formula is C35H35ClN4O7S. The Morgan fingerprint density at radius 2 is 1.42 bits per heavy atom. The molecule has 3 aromatic carbocycles. The lowest BCUT2D eigenvalue weighted by atomic mass is 9.83. The lowest BCUT2D eigenvalue weighted by Gasteiger charge is -2.33. The molecule has 2 aliphatic heterocycles. The van der Waals surface area contributed by atoms with Gasteiger partial charge in [-0.2, -0.15) is 0 Å². The molecule has 1 saturated heterocycles. The van der Waals surface area contributed by atoms with Gasteiger partial charge < -0.3 is 23.9 Å². The molecule has 0 saturated carbocycles. The fourth-order valence-corrected chi connectivity index (χ4v) is 6.36. The van der Waals surface area contributed by atoms with E-state index in [1.165, 1.54) is 12.1 Å². The molecule has 0 spiro atoms. The van der Waals surface area contributed by atoms with Crippen LogP contribution in [-0.4, -0.2) is 56.4 Å². The Bertz CT molecular complexity index is 1760. The van der Waals surface area contributed by atoms with E-state index in [1.807, 2.05) is 24.8 Å². The summed E-state index contributed by atoms with van der Waals surface area (Å²) in [4.78, 5) is 56.4. The van der Waals surface area contributed by atoms with Crippen LogP contribution in [0.1, 0.15) is 25.8 Å². The first kappa shape index (κ1) is 34.6. The molecule has 11 nitrogen and oxygen atoms in total.